The summed E-state index contributed by atoms with van der Waals surface area (Å²) in [5.41, 5.74) is 6.65. The molecule has 1 amide bonds. The van der Waals surface area contributed by atoms with Crippen molar-refractivity contribution in [1.82, 2.24) is 10.6 Å². The molecule has 0 radical (unpaired) electrons. The van der Waals surface area contributed by atoms with Crippen LogP contribution in [0.4, 0.5) is 0 Å². The molecule has 0 fully saturated rings. The minimum absolute atomic E-state index is 0.0486. The van der Waals surface area contributed by atoms with E-state index in [-0.39, 0.29) is 11.9 Å². The number of likely N-dealkylation sites (N-methyl/N-ethyl adjacent to an activating group) is 1. The quantitative estimate of drug-likeness (QED) is 0.651. The van der Waals surface area contributed by atoms with E-state index >= 15 is 0 Å². The predicted molar refractivity (Wildman–Crippen MR) is 91.8 cm³/mol. The number of carbonyl (C=O) groups is 1. The average Bonchev–Trinajstić information content (AvgIpc) is 2.56. The highest BCUT2D eigenvalue weighted by molar-refractivity contribution is 5.87. The molecule has 0 saturated carbocycles. The molecule has 1 unspecified atom stereocenters. The van der Waals surface area contributed by atoms with Crippen LogP contribution in [0.5, 0.6) is 0 Å². The second-order valence-electron chi connectivity index (χ2n) is 5.47. The molecule has 0 aromatic heterocycles. The summed E-state index contributed by atoms with van der Waals surface area (Å²) in [6.07, 6.45) is 2.54. The van der Waals surface area contributed by atoms with E-state index in [9.17, 15) is 4.79 Å². The van der Waals surface area contributed by atoms with Gasteiger partial charge in [-0.25, -0.2) is 0 Å². The molecule has 0 aliphatic rings. The van der Waals surface area contributed by atoms with Crippen LogP contribution < -0.4 is 16.4 Å². The van der Waals surface area contributed by atoms with Crippen molar-refractivity contribution in [3.63, 3.8) is 0 Å². The van der Waals surface area contributed by atoms with Crippen LogP contribution >= 0.6 is 0 Å². The number of nitrogens with one attached hydrogen (secondary N) is 2. The minimum Gasteiger partial charge on any atom is -0.355 e. The van der Waals surface area contributed by atoms with Gasteiger partial charge in [0.1, 0.15) is 0 Å². The molecule has 2 rings (SSSR count). The molecule has 2 aromatic carbocycles. The summed E-state index contributed by atoms with van der Waals surface area (Å²) in [5, 5.41) is 8.52. The summed E-state index contributed by atoms with van der Waals surface area (Å²) in [6.45, 7) is 1.35. The monoisotopic (exact) mass is 299 g/mol. The summed E-state index contributed by atoms with van der Waals surface area (Å²) in [7, 11) is 1.83. The highest BCUT2D eigenvalue weighted by atomic mass is 16.2. The maximum Gasteiger partial charge on any atom is 0.237 e. The molecule has 0 aliphatic heterocycles. The van der Waals surface area contributed by atoms with Gasteiger partial charge in [-0.3, -0.25) is 4.79 Å². The average molecular weight is 299 g/mol. The zero-order valence-electron chi connectivity index (χ0n) is 13.1. The zero-order valence-corrected chi connectivity index (χ0v) is 13.1. The summed E-state index contributed by atoms with van der Waals surface area (Å²) < 4.78 is 0. The van der Waals surface area contributed by atoms with Crippen molar-refractivity contribution in [3.8, 4) is 0 Å². The lowest BCUT2D eigenvalue weighted by Crippen LogP contribution is -2.44. The van der Waals surface area contributed by atoms with Crippen molar-refractivity contribution in [2.24, 2.45) is 5.73 Å². The minimum atomic E-state index is -0.219. The van der Waals surface area contributed by atoms with E-state index in [1.165, 1.54) is 16.3 Å². The highest BCUT2D eigenvalue weighted by Crippen LogP contribution is 2.19. The molecule has 4 N–H and O–H groups in total. The number of nitrogens with two attached hydrogens (primary N) is 1. The smallest absolute Gasteiger partial charge is 0.237 e. The van der Waals surface area contributed by atoms with Crippen LogP contribution in [0.15, 0.2) is 42.5 Å². The van der Waals surface area contributed by atoms with Gasteiger partial charge in [-0.15, -0.1) is 0 Å². The first-order valence-electron chi connectivity index (χ1n) is 7.88. The maximum atomic E-state index is 12.3. The lowest BCUT2D eigenvalue weighted by atomic mass is 9.98. The first-order chi connectivity index (χ1) is 10.8. The van der Waals surface area contributed by atoms with Gasteiger partial charge in [-0.05, 0) is 49.2 Å². The molecule has 0 spiro atoms. The Morgan fingerprint density at radius 3 is 2.68 bits per heavy atom. The van der Waals surface area contributed by atoms with Crippen LogP contribution in [0, 0.1) is 0 Å². The van der Waals surface area contributed by atoms with Crippen LogP contribution in [0.25, 0.3) is 10.8 Å². The summed E-state index contributed by atoms with van der Waals surface area (Å²) in [5.74, 6) is 0.0486. The van der Waals surface area contributed by atoms with Crippen LogP contribution in [0.3, 0.4) is 0 Å². The van der Waals surface area contributed by atoms with E-state index in [0.29, 0.717) is 19.5 Å². The van der Waals surface area contributed by atoms with Crippen molar-refractivity contribution >= 4 is 16.7 Å². The maximum absolute atomic E-state index is 12.3. The lowest BCUT2D eigenvalue weighted by molar-refractivity contribution is -0.123. The third-order valence-corrected chi connectivity index (χ3v) is 3.90. The molecule has 1 atom stereocenters. The van der Waals surface area contributed by atoms with Crippen molar-refractivity contribution in [1.29, 1.82) is 0 Å². The first-order valence-corrected chi connectivity index (χ1v) is 7.88. The standard InChI is InChI=1S/C18H25N3O/c1-20-17(18(22)21-12-5-4-11-19)13-15-9-6-8-14-7-2-3-10-16(14)15/h2-3,6-10,17,20H,4-5,11-13,19H2,1H3,(H,21,22). The molecular formula is C18H25N3O. The van der Waals surface area contributed by atoms with Crippen LogP contribution in [0.1, 0.15) is 18.4 Å². The topological polar surface area (TPSA) is 67.2 Å². The third kappa shape index (κ3) is 4.29. The van der Waals surface area contributed by atoms with E-state index < -0.39 is 0 Å². The van der Waals surface area contributed by atoms with Gasteiger partial charge in [0.2, 0.25) is 5.91 Å². The Balaban J connectivity index is 2.04. The number of fused-ring (bicyclic) bond motifs is 1. The highest BCUT2D eigenvalue weighted by Gasteiger charge is 2.17. The van der Waals surface area contributed by atoms with Gasteiger partial charge in [-0.2, -0.15) is 0 Å². The van der Waals surface area contributed by atoms with Crippen LogP contribution in [0.2, 0.25) is 0 Å². The normalized spacial score (nSPS) is 12.3. The zero-order chi connectivity index (χ0) is 15.8. The van der Waals surface area contributed by atoms with Crippen molar-refractivity contribution in [3.05, 3.63) is 48.0 Å². The second-order valence-corrected chi connectivity index (χ2v) is 5.47. The summed E-state index contributed by atoms with van der Waals surface area (Å²) in [6, 6.07) is 14.3. The van der Waals surface area contributed by atoms with Gasteiger partial charge in [0, 0.05) is 6.54 Å². The van der Waals surface area contributed by atoms with Gasteiger partial charge in [0.05, 0.1) is 6.04 Å². The molecule has 118 valence electrons. The largest absolute Gasteiger partial charge is 0.355 e. The molecule has 0 aliphatic carbocycles. The molecule has 4 heteroatoms. The second kappa shape index (κ2) is 8.51. The molecular weight excluding hydrogens is 274 g/mol. The van der Waals surface area contributed by atoms with Crippen molar-refractivity contribution < 1.29 is 4.79 Å². The Kier molecular flexibility index (Phi) is 6.37. The number of carbonyl (C=O) groups excluding carboxylic acids is 1. The number of hydrogen-bond donors (Lipinski definition) is 3. The first kappa shape index (κ1) is 16.5. The Bertz CT molecular complexity index is 607. The number of hydrogen-bond acceptors (Lipinski definition) is 3. The molecule has 22 heavy (non-hydrogen) atoms. The van der Waals surface area contributed by atoms with Crippen molar-refractivity contribution in [2.75, 3.05) is 20.1 Å². The Hall–Kier alpha value is -1.91. The summed E-state index contributed by atoms with van der Waals surface area (Å²) >= 11 is 0. The predicted octanol–water partition coefficient (Wildman–Crippen LogP) is 1.83. The third-order valence-electron chi connectivity index (χ3n) is 3.90. The fourth-order valence-electron chi connectivity index (χ4n) is 2.62. The molecule has 2 aromatic rings. The summed E-state index contributed by atoms with van der Waals surface area (Å²) in [4.78, 5) is 12.3. The van der Waals surface area contributed by atoms with Gasteiger partial charge < -0.3 is 16.4 Å². The van der Waals surface area contributed by atoms with E-state index in [1.54, 1.807) is 0 Å². The number of amides is 1. The van der Waals surface area contributed by atoms with Gasteiger partial charge in [0.15, 0.2) is 0 Å². The van der Waals surface area contributed by atoms with Crippen LogP contribution in [-0.2, 0) is 11.2 Å². The lowest BCUT2D eigenvalue weighted by Gasteiger charge is -2.17. The number of unbranched alkanes of at least 4 members (excludes halogenated alkanes) is 1. The van der Waals surface area contributed by atoms with E-state index in [0.717, 1.165) is 12.8 Å². The van der Waals surface area contributed by atoms with Crippen molar-refractivity contribution in [2.45, 2.75) is 25.3 Å². The van der Waals surface area contributed by atoms with E-state index in [1.807, 2.05) is 25.2 Å². The molecule has 0 bridgehead atoms. The van der Waals surface area contributed by atoms with E-state index in [4.69, 9.17) is 5.73 Å². The number of benzene rings is 2. The fourth-order valence-corrected chi connectivity index (χ4v) is 2.62. The molecule has 0 heterocycles. The van der Waals surface area contributed by atoms with E-state index in [2.05, 4.69) is 34.9 Å². The molecule has 0 saturated heterocycles. The Labute approximate surface area is 132 Å². The Morgan fingerprint density at radius 2 is 1.91 bits per heavy atom. The molecule has 4 nitrogen and oxygen atoms in total. The van der Waals surface area contributed by atoms with Gasteiger partial charge in [0.25, 0.3) is 0 Å². The van der Waals surface area contributed by atoms with Gasteiger partial charge >= 0.3 is 0 Å². The van der Waals surface area contributed by atoms with Crippen LogP contribution in [-0.4, -0.2) is 32.1 Å². The Morgan fingerprint density at radius 1 is 1.14 bits per heavy atom. The SMILES string of the molecule is CNC(Cc1cccc2ccccc12)C(=O)NCCCCN. The van der Waals surface area contributed by atoms with Gasteiger partial charge in [-0.1, -0.05) is 42.5 Å². The fraction of sp³-hybridized carbons (Fsp3) is 0.389. The number of rotatable bonds is 8.